The summed E-state index contributed by atoms with van der Waals surface area (Å²) < 4.78 is 6.97. The SMILES string of the molecule is CC(C)c1nc(CCCOC(N)=O)n(Cc2cccnc2)c1Sc1cccc([N+](=O)[O-])c1. The third kappa shape index (κ3) is 6.07. The van der Waals surface area contributed by atoms with Crippen LogP contribution in [0.1, 0.15) is 43.3 Å². The molecule has 2 N–H and O–H groups in total. The Balaban J connectivity index is 1.99. The number of hydrogen-bond donors (Lipinski definition) is 1. The molecule has 1 aromatic carbocycles. The predicted octanol–water partition coefficient (Wildman–Crippen LogP) is 4.54. The number of carbonyl (C=O) groups excluding carboxylic acids is 1. The fraction of sp³-hybridized carbons (Fsp3) is 0.318. The van der Waals surface area contributed by atoms with Gasteiger partial charge in [-0.05, 0) is 30.0 Å². The molecule has 0 spiro atoms. The summed E-state index contributed by atoms with van der Waals surface area (Å²) >= 11 is 1.46. The summed E-state index contributed by atoms with van der Waals surface area (Å²) in [5.74, 6) is 0.991. The molecule has 0 bridgehead atoms. The highest BCUT2D eigenvalue weighted by Gasteiger charge is 2.21. The number of ether oxygens (including phenoxy) is 1. The zero-order valence-electron chi connectivity index (χ0n) is 17.9. The van der Waals surface area contributed by atoms with Gasteiger partial charge in [0.2, 0.25) is 0 Å². The molecule has 0 unspecified atom stereocenters. The summed E-state index contributed by atoms with van der Waals surface area (Å²) in [6.45, 7) is 4.89. The molecule has 3 rings (SSSR count). The molecule has 0 fully saturated rings. The van der Waals surface area contributed by atoms with Gasteiger partial charge >= 0.3 is 6.09 Å². The molecule has 2 heterocycles. The van der Waals surface area contributed by atoms with Crippen molar-refractivity contribution in [3.05, 3.63) is 76.0 Å². The minimum atomic E-state index is -0.798. The molecule has 0 aliphatic carbocycles. The Kier molecular flexibility index (Phi) is 7.82. The van der Waals surface area contributed by atoms with Crippen molar-refractivity contribution in [3.8, 4) is 0 Å². The number of aryl methyl sites for hydroxylation is 1. The topological polar surface area (TPSA) is 126 Å². The van der Waals surface area contributed by atoms with Crippen LogP contribution in [0.4, 0.5) is 10.5 Å². The number of aromatic nitrogens is 3. The van der Waals surface area contributed by atoms with Crippen molar-refractivity contribution in [2.75, 3.05) is 6.61 Å². The van der Waals surface area contributed by atoms with Crippen LogP contribution in [0.15, 0.2) is 58.7 Å². The van der Waals surface area contributed by atoms with Crippen molar-refractivity contribution < 1.29 is 14.5 Å². The molecular weight excluding hydrogens is 430 g/mol. The van der Waals surface area contributed by atoms with E-state index in [1.807, 2.05) is 18.2 Å². The molecule has 9 nitrogen and oxygen atoms in total. The van der Waals surface area contributed by atoms with Crippen LogP contribution in [0.3, 0.4) is 0 Å². The average molecular weight is 456 g/mol. The number of nitrogens with two attached hydrogens (primary N) is 1. The van der Waals surface area contributed by atoms with E-state index in [4.69, 9.17) is 15.5 Å². The van der Waals surface area contributed by atoms with E-state index < -0.39 is 11.0 Å². The first kappa shape index (κ1) is 23.3. The second-order valence-corrected chi connectivity index (χ2v) is 8.51. The van der Waals surface area contributed by atoms with Gasteiger partial charge in [-0.3, -0.25) is 15.1 Å². The van der Waals surface area contributed by atoms with Crippen molar-refractivity contribution >= 4 is 23.5 Å². The lowest BCUT2D eigenvalue weighted by Gasteiger charge is -2.13. The second kappa shape index (κ2) is 10.8. The average Bonchev–Trinajstić information content (AvgIpc) is 3.09. The smallest absolute Gasteiger partial charge is 0.404 e. The van der Waals surface area contributed by atoms with E-state index in [0.717, 1.165) is 27.0 Å². The molecule has 1 amide bonds. The zero-order chi connectivity index (χ0) is 23.1. The van der Waals surface area contributed by atoms with Crippen molar-refractivity contribution in [1.82, 2.24) is 14.5 Å². The first-order chi connectivity index (χ1) is 15.3. The molecule has 2 aromatic heterocycles. The molecule has 10 heteroatoms. The number of rotatable bonds is 10. The van der Waals surface area contributed by atoms with Crippen LogP contribution in [-0.4, -0.2) is 32.2 Å². The molecule has 0 saturated heterocycles. The number of nitrogens with zero attached hydrogens (tertiary/aromatic N) is 4. The van der Waals surface area contributed by atoms with Crippen molar-refractivity contribution in [1.29, 1.82) is 0 Å². The van der Waals surface area contributed by atoms with E-state index in [1.165, 1.54) is 17.8 Å². The van der Waals surface area contributed by atoms with Crippen LogP contribution in [-0.2, 0) is 17.7 Å². The number of nitro groups is 1. The van der Waals surface area contributed by atoms with E-state index in [1.54, 1.807) is 24.5 Å². The quantitative estimate of drug-likeness (QED) is 0.270. The third-order valence-corrected chi connectivity index (χ3v) is 5.78. The number of benzene rings is 1. The molecule has 0 saturated carbocycles. The fourth-order valence-electron chi connectivity index (χ4n) is 3.19. The standard InChI is InChI=1S/C22H25N5O4S/c1-15(2)20-21(32-18-8-3-7-17(12-18)27(29)30)26(14-16-6-4-10-24-13-16)19(25-20)9-5-11-31-22(23)28/h3-4,6-8,10,12-13,15H,5,9,11,14H2,1-2H3,(H2,23,28). The van der Waals surface area contributed by atoms with Crippen LogP contribution < -0.4 is 5.73 Å². The van der Waals surface area contributed by atoms with Crippen molar-refractivity contribution in [3.63, 3.8) is 0 Å². The van der Waals surface area contributed by atoms with Crippen LogP contribution in [0.2, 0.25) is 0 Å². The molecular formula is C22H25N5O4S. The number of carbonyl (C=O) groups is 1. The van der Waals surface area contributed by atoms with Crippen LogP contribution in [0.5, 0.6) is 0 Å². The molecule has 32 heavy (non-hydrogen) atoms. The van der Waals surface area contributed by atoms with Gasteiger partial charge in [-0.25, -0.2) is 9.78 Å². The number of primary amides is 1. The maximum absolute atomic E-state index is 11.2. The highest BCUT2D eigenvalue weighted by atomic mass is 32.2. The van der Waals surface area contributed by atoms with E-state index in [-0.39, 0.29) is 18.2 Å². The van der Waals surface area contributed by atoms with Gasteiger partial charge < -0.3 is 15.0 Å². The highest BCUT2D eigenvalue weighted by molar-refractivity contribution is 7.99. The fourth-order valence-corrected chi connectivity index (χ4v) is 4.41. The summed E-state index contributed by atoms with van der Waals surface area (Å²) in [7, 11) is 0. The van der Waals surface area contributed by atoms with Gasteiger partial charge in [0.05, 0.1) is 23.8 Å². The number of amides is 1. The summed E-state index contributed by atoms with van der Waals surface area (Å²) in [4.78, 5) is 31.5. The Morgan fingerprint density at radius 2 is 2.12 bits per heavy atom. The molecule has 0 aliphatic rings. The second-order valence-electron chi connectivity index (χ2n) is 7.45. The van der Waals surface area contributed by atoms with Crippen LogP contribution >= 0.6 is 11.8 Å². The first-order valence-corrected chi connectivity index (χ1v) is 11.0. The number of non-ortho nitro benzene ring substituents is 1. The number of imidazole rings is 1. The predicted molar refractivity (Wildman–Crippen MR) is 121 cm³/mol. The molecule has 0 aliphatic heterocycles. The third-order valence-electron chi connectivity index (χ3n) is 4.67. The molecule has 3 aromatic rings. The van der Waals surface area contributed by atoms with Crippen molar-refractivity contribution in [2.24, 2.45) is 5.73 Å². The van der Waals surface area contributed by atoms with E-state index in [0.29, 0.717) is 19.4 Å². The summed E-state index contributed by atoms with van der Waals surface area (Å²) in [5, 5.41) is 12.1. The van der Waals surface area contributed by atoms with Gasteiger partial charge in [-0.15, -0.1) is 0 Å². The van der Waals surface area contributed by atoms with Gasteiger partial charge in [0, 0.05) is 35.8 Å². The van der Waals surface area contributed by atoms with E-state index in [9.17, 15) is 14.9 Å². The van der Waals surface area contributed by atoms with Gasteiger partial charge in [-0.1, -0.05) is 37.7 Å². The maximum atomic E-state index is 11.2. The Morgan fingerprint density at radius 1 is 1.31 bits per heavy atom. The number of pyridine rings is 1. The number of hydrogen-bond acceptors (Lipinski definition) is 7. The first-order valence-electron chi connectivity index (χ1n) is 10.2. The molecule has 0 atom stereocenters. The highest BCUT2D eigenvalue weighted by Crippen LogP contribution is 2.36. The van der Waals surface area contributed by atoms with Crippen molar-refractivity contribution in [2.45, 2.75) is 49.1 Å². The number of nitro benzene ring substituents is 1. The molecule has 0 radical (unpaired) electrons. The normalized spacial score (nSPS) is 11.0. The summed E-state index contributed by atoms with van der Waals surface area (Å²) in [5.41, 5.74) is 7.02. The lowest BCUT2D eigenvalue weighted by atomic mass is 10.1. The van der Waals surface area contributed by atoms with Crippen LogP contribution in [0.25, 0.3) is 0 Å². The van der Waals surface area contributed by atoms with Gasteiger partial charge in [-0.2, -0.15) is 0 Å². The Morgan fingerprint density at radius 3 is 2.78 bits per heavy atom. The van der Waals surface area contributed by atoms with E-state index in [2.05, 4.69) is 23.4 Å². The minimum Gasteiger partial charge on any atom is -0.450 e. The lowest BCUT2D eigenvalue weighted by molar-refractivity contribution is -0.385. The lowest BCUT2D eigenvalue weighted by Crippen LogP contribution is -2.14. The van der Waals surface area contributed by atoms with Crippen LogP contribution in [0, 0.1) is 10.1 Å². The van der Waals surface area contributed by atoms with Gasteiger partial charge in [0.15, 0.2) is 0 Å². The van der Waals surface area contributed by atoms with Gasteiger partial charge in [0.25, 0.3) is 5.69 Å². The largest absolute Gasteiger partial charge is 0.450 e. The minimum absolute atomic E-state index is 0.0447. The summed E-state index contributed by atoms with van der Waals surface area (Å²) in [6.07, 6.45) is 3.89. The van der Waals surface area contributed by atoms with E-state index >= 15 is 0 Å². The Bertz CT molecular complexity index is 1090. The summed E-state index contributed by atoms with van der Waals surface area (Å²) in [6, 6.07) is 10.4. The maximum Gasteiger partial charge on any atom is 0.404 e. The zero-order valence-corrected chi connectivity index (χ0v) is 18.7. The Hall–Kier alpha value is -3.40. The monoisotopic (exact) mass is 455 g/mol. The Labute approximate surface area is 190 Å². The van der Waals surface area contributed by atoms with Gasteiger partial charge in [0.1, 0.15) is 10.9 Å². The molecule has 168 valence electrons.